The number of nitrogens with one attached hydrogen (secondary N) is 1. The van der Waals surface area contributed by atoms with E-state index < -0.39 is 0 Å². The maximum Gasteiger partial charge on any atom is 0.338 e. The molecule has 5 heteroatoms. The first kappa shape index (κ1) is 16.5. The van der Waals surface area contributed by atoms with Crippen LogP contribution in [-0.2, 0) is 9.53 Å². The van der Waals surface area contributed by atoms with Gasteiger partial charge in [-0.25, -0.2) is 4.79 Å². The van der Waals surface area contributed by atoms with E-state index in [1.807, 2.05) is 0 Å². The molecule has 1 atom stereocenters. The molecule has 1 saturated heterocycles. The van der Waals surface area contributed by atoms with Gasteiger partial charge in [0.05, 0.1) is 18.7 Å². The second-order valence-corrected chi connectivity index (χ2v) is 5.66. The van der Waals surface area contributed by atoms with Gasteiger partial charge in [-0.1, -0.05) is 6.42 Å². The number of carbonyl (C=O) groups is 2. The number of anilines is 1. The molecule has 120 valence electrons. The van der Waals surface area contributed by atoms with Crippen LogP contribution in [0.1, 0.15) is 43.5 Å². The fourth-order valence-electron chi connectivity index (χ4n) is 2.68. The summed E-state index contributed by atoms with van der Waals surface area (Å²) in [7, 11) is 0. The van der Waals surface area contributed by atoms with Crippen LogP contribution in [0, 0.1) is 0 Å². The standard InChI is InChI=1S/C17H24N2O3/c1-3-22-17(21)14-7-9-15(10-8-14)18-16(20)12-19-11-5-4-6-13(19)2/h7-10,13H,3-6,11-12H2,1-2H3,(H,18,20)/t13-/m1/s1. The van der Waals surface area contributed by atoms with E-state index in [9.17, 15) is 9.59 Å². The van der Waals surface area contributed by atoms with Crippen LogP contribution < -0.4 is 5.32 Å². The van der Waals surface area contributed by atoms with Crippen molar-refractivity contribution in [3.8, 4) is 0 Å². The largest absolute Gasteiger partial charge is 0.462 e. The molecule has 0 spiro atoms. The SMILES string of the molecule is CCOC(=O)c1ccc(NC(=O)CN2CCCC[C@H]2C)cc1. The van der Waals surface area contributed by atoms with Crippen molar-refractivity contribution >= 4 is 17.6 Å². The predicted octanol–water partition coefficient (Wildman–Crippen LogP) is 2.68. The summed E-state index contributed by atoms with van der Waals surface area (Å²) < 4.78 is 4.93. The van der Waals surface area contributed by atoms with Crippen molar-refractivity contribution in [1.82, 2.24) is 4.90 Å². The van der Waals surface area contributed by atoms with Gasteiger partial charge in [0.25, 0.3) is 0 Å². The van der Waals surface area contributed by atoms with Gasteiger partial charge in [0, 0.05) is 11.7 Å². The minimum Gasteiger partial charge on any atom is -0.462 e. The van der Waals surface area contributed by atoms with Crippen LogP contribution in [0.2, 0.25) is 0 Å². The van der Waals surface area contributed by atoms with E-state index >= 15 is 0 Å². The van der Waals surface area contributed by atoms with Crippen LogP contribution in [0.4, 0.5) is 5.69 Å². The lowest BCUT2D eigenvalue weighted by Crippen LogP contribution is -2.42. The van der Waals surface area contributed by atoms with Gasteiger partial charge in [-0.2, -0.15) is 0 Å². The fraction of sp³-hybridized carbons (Fsp3) is 0.529. The zero-order valence-corrected chi connectivity index (χ0v) is 13.3. The Labute approximate surface area is 131 Å². The molecule has 1 aliphatic rings. The number of rotatable bonds is 5. The normalized spacial score (nSPS) is 18.7. The van der Waals surface area contributed by atoms with Crippen LogP contribution in [0.5, 0.6) is 0 Å². The second-order valence-electron chi connectivity index (χ2n) is 5.66. The van der Waals surface area contributed by atoms with Crippen molar-refractivity contribution in [3.63, 3.8) is 0 Å². The summed E-state index contributed by atoms with van der Waals surface area (Å²) in [5, 5.41) is 2.88. The number of ether oxygens (including phenoxy) is 1. The van der Waals surface area contributed by atoms with E-state index in [-0.39, 0.29) is 11.9 Å². The lowest BCUT2D eigenvalue weighted by Gasteiger charge is -2.32. The molecule has 1 N–H and O–H groups in total. The number of amides is 1. The van der Waals surface area contributed by atoms with Gasteiger partial charge in [-0.05, 0) is 57.5 Å². The van der Waals surface area contributed by atoms with E-state index in [0.717, 1.165) is 19.4 Å². The average Bonchev–Trinajstić information content (AvgIpc) is 2.50. The van der Waals surface area contributed by atoms with E-state index in [2.05, 4.69) is 17.1 Å². The van der Waals surface area contributed by atoms with Crippen molar-refractivity contribution in [2.45, 2.75) is 39.2 Å². The molecule has 0 unspecified atom stereocenters. The number of piperidine rings is 1. The van der Waals surface area contributed by atoms with Crippen LogP contribution in [0.25, 0.3) is 0 Å². The van der Waals surface area contributed by atoms with Crippen LogP contribution in [0.3, 0.4) is 0 Å². The molecule has 1 aromatic rings. The van der Waals surface area contributed by atoms with Gasteiger partial charge in [0.1, 0.15) is 0 Å². The van der Waals surface area contributed by atoms with Gasteiger partial charge in [0.2, 0.25) is 5.91 Å². The molecular formula is C17H24N2O3. The van der Waals surface area contributed by atoms with Gasteiger partial charge in [-0.15, -0.1) is 0 Å². The molecule has 0 bridgehead atoms. The molecule has 1 heterocycles. The van der Waals surface area contributed by atoms with E-state index in [0.29, 0.717) is 30.4 Å². The van der Waals surface area contributed by atoms with Gasteiger partial charge in [0.15, 0.2) is 0 Å². The van der Waals surface area contributed by atoms with Crippen molar-refractivity contribution in [2.75, 3.05) is 25.0 Å². The van der Waals surface area contributed by atoms with E-state index in [1.54, 1.807) is 31.2 Å². The number of esters is 1. The fourth-order valence-corrected chi connectivity index (χ4v) is 2.68. The third-order valence-electron chi connectivity index (χ3n) is 3.97. The number of nitrogens with zero attached hydrogens (tertiary/aromatic N) is 1. The maximum atomic E-state index is 12.1. The molecule has 0 aliphatic carbocycles. The Bertz CT molecular complexity index is 513. The summed E-state index contributed by atoms with van der Waals surface area (Å²) in [6.45, 7) is 5.69. The molecule has 2 rings (SSSR count). The number of carbonyl (C=O) groups excluding carboxylic acids is 2. The predicted molar refractivity (Wildman–Crippen MR) is 85.9 cm³/mol. The molecule has 1 amide bonds. The maximum absolute atomic E-state index is 12.1. The minimum atomic E-state index is -0.345. The van der Waals surface area contributed by atoms with Crippen molar-refractivity contribution < 1.29 is 14.3 Å². The van der Waals surface area contributed by atoms with Gasteiger partial charge < -0.3 is 10.1 Å². The molecule has 0 radical (unpaired) electrons. The number of hydrogen-bond donors (Lipinski definition) is 1. The highest BCUT2D eigenvalue weighted by atomic mass is 16.5. The Hall–Kier alpha value is -1.88. The molecule has 1 aliphatic heterocycles. The average molecular weight is 304 g/mol. The summed E-state index contributed by atoms with van der Waals surface area (Å²) in [5.41, 5.74) is 1.19. The smallest absolute Gasteiger partial charge is 0.338 e. The Morgan fingerprint density at radius 3 is 2.64 bits per heavy atom. The molecule has 1 aromatic carbocycles. The summed E-state index contributed by atoms with van der Waals surface area (Å²) >= 11 is 0. The first-order valence-corrected chi connectivity index (χ1v) is 7.91. The highest BCUT2D eigenvalue weighted by molar-refractivity contribution is 5.94. The molecule has 22 heavy (non-hydrogen) atoms. The quantitative estimate of drug-likeness (QED) is 0.850. The Balaban J connectivity index is 1.87. The third-order valence-corrected chi connectivity index (χ3v) is 3.97. The van der Waals surface area contributed by atoms with Crippen molar-refractivity contribution in [2.24, 2.45) is 0 Å². The summed E-state index contributed by atoms with van der Waals surface area (Å²) in [6, 6.07) is 7.24. The summed E-state index contributed by atoms with van der Waals surface area (Å²) in [6.07, 6.45) is 3.56. The van der Waals surface area contributed by atoms with Crippen molar-refractivity contribution in [1.29, 1.82) is 0 Å². The Kier molecular flexibility index (Phi) is 5.95. The molecule has 0 aromatic heterocycles. The second kappa shape index (κ2) is 7.94. The first-order valence-electron chi connectivity index (χ1n) is 7.91. The van der Waals surface area contributed by atoms with Crippen LogP contribution in [0.15, 0.2) is 24.3 Å². The van der Waals surface area contributed by atoms with Gasteiger partial charge >= 0.3 is 5.97 Å². The first-order chi connectivity index (χ1) is 10.6. The third kappa shape index (κ3) is 4.56. The number of likely N-dealkylation sites (tertiary alicyclic amines) is 1. The minimum absolute atomic E-state index is 0.0161. The Morgan fingerprint density at radius 2 is 2.00 bits per heavy atom. The highest BCUT2D eigenvalue weighted by Crippen LogP contribution is 2.16. The lowest BCUT2D eigenvalue weighted by molar-refractivity contribution is -0.118. The van der Waals surface area contributed by atoms with Crippen molar-refractivity contribution in [3.05, 3.63) is 29.8 Å². The summed E-state index contributed by atoms with van der Waals surface area (Å²) in [4.78, 5) is 25.9. The number of hydrogen-bond acceptors (Lipinski definition) is 4. The van der Waals surface area contributed by atoms with E-state index in [1.165, 1.54) is 6.42 Å². The van der Waals surface area contributed by atoms with Crippen LogP contribution in [-0.4, -0.2) is 42.5 Å². The number of benzene rings is 1. The topological polar surface area (TPSA) is 58.6 Å². The Morgan fingerprint density at radius 1 is 1.27 bits per heavy atom. The van der Waals surface area contributed by atoms with Crippen LogP contribution >= 0.6 is 0 Å². The molecular weight excluding hydrogens is 280 g/mol. The zero-order valence-electron chi connectivity index (χ0n) is 13.3. The lowest BCUT2D eigenvalue weighted by atomic mass is 10.0. The monoisotopic (exact) mass is 304 g/mol. The molecule has 5 nitrogen and oxygen atoms in total. The highest BCUT2D eigenvalue weighted by Gasteiger charge is 2.20. The molecule has 0 saturated carbocycles. The van der Waals surface area contributed by atoms with Gasteiger partial charge in [-0.3, -0.25) is 9.69 Å². The van der Waals surface area contributed by atoms with E-state index in [4.69, 9.17) is 4.74 Å². The zero-order chi connectivity index (χ0) is 15.9. The summed E-state index contributed by atoms with van der Waals surface area (Å²) in [5.74, 6) is -0.361. The molecule has 1 fully saturated rings.